The summed E-state index contributed by atoms with van der Waals surface area (Å²) < 4.78 is 0. The third-order valence-electron chi connectivity index (χ3n) is 3.67. The second-order valence-electron chi connectivity index (χ2n) is 5.02. The van der Waals surface area contributed by atoms with E-state index in [4.69, 9.17) is 0 Å². The van der Waals surface area contributed by atoms with Crippen molar-refractivity contribution >= 4 is 36.2 Å². The van der Waals surface area contributed by atoms with Crippen LogP contribution in [0.5, 0.6) is 0 Å². The van der Waals surface area contributed by atoms with Crippen LogP contribution in [0.15, 0.2) is 12.1 Å². The van der Waals surface area contributed by atoms with Crippen molar-refractivity contribution in [1.82, 2.24) is 10.2 Å². The number of halogens is 2. The quantitative estimate of drug-likeness (QED) is 0.922. The van der Waals surface area contributed by atoms with Gasteiger partial charge in [-0.05, 0) is 37.8 Å². The lowest BCUT2D eigenvalue weighted by atomic mass is 10.1. The normalized spacial score (nSPS) is 21.8. The Labute approximate surface area is 126 Å². The molecule has 0 spiro atoms. The van der Waals surface area contributed by atoms with Gasteiger partial charge < -0.3 is 5.32 Å². The molecule has 1 saturated heterocycles. The first-order valence-corrected chi connectivity index (χ1v) is 7.17. The van der Waals surface area contributed by atoms with Crippen molar-refractivity contribution in [1.29, 1.82) is 0 Å². The monoisotopic (exact) mass is 308 g/mol. The van der Waals surface area contributed by atoms with Crippen LogP contribution in [0, 0.1) is 12.8 Å². The summed E-state index contributed by atoms with van der Waals surface area (Å²) in [5, 5.41) is 3.45. The third-order valence-corrected chi connectivity index (χ3v) is 4.74. The summed E-state index contributed by atoms with van der Waals surface area (Å²) >= 11 is 2.00. The highest BCUT2D eigenvalue weighted by atomic mass is 35.5. The Morgan fingerprint density at radius 1 is 1.22 bits per heavy atom. The van der Waals surface area contributed by atoms with Gasteiger partial charge in [0, 0.05) is 42.0 Å². The zero-order chi connectivity index (χ0) is 11.0. The predicted octanol–water partition coefficient (Wildman–Crippen LogP) is 3.26. The van der Waals surface area contributed by atoms with Crippen LogP contribution in [0.3, 0.4) is 0 Å². The Bertz CT molecular complexity index is 360. The topological polar surface area (TPSA) is 15.3 Å². The molecule has 1 N–H and O–H groups in total. The maximum absolute atomic E-state index is 3.45. The highest BCUT2D eigenvalue weighted by Crippen LogP contribution is 2.46. The molecular formula is C13H22Cl2N2S. The summed E-state index contributed by atoms with van der Waals surface area (Å²) in [5.41, 5.74) is 0. The molecule has 1 saturated carbocycles. The molecular weight excluding hydrogens is 287 g/mol. The van der Waals surface area contributed by atoms with E-state index in [0.717, 1.165) is 25.0 Å². The summed E-state index contributed by atoms with van der Waals surface area (Å²) in [6.45, 7) is 6.98. The standard InChI is InChI=1S/C13H20N2S.2ClH/c1-10-2-5-12(16-10)13(11-3-4-11)15-8-6-14-7-9-15;;/h2,5,11,13-14H,3-4,6-9H2,1H3;2*1H/t13-;;/m0../s1. The molecule has 0 unspecified atom stereocenters. The Balaban J connectivity index is 0.000000810. The number of piperazine rings is 1. The maximum atomic E-state index is 3.45. The van der Waals surface area contributed by atoms with E-state index in [9.17, 15) is 0 Å². The van der Waals surface area contributed by atoms with Crippen molar-refractivity contribution in [2.24, 2.45) is 5.92 Å². The van der Waals surface area contributed by atoms with Gasteiger partial charge in [0.15, 0.2) is 0 Å². The van der Waals surface area contributed by atoms with Crippen LogP contribution >= 0.6 is 36.2 Å². The SMILES string of the molecule is Cc1ccc([C@H](C2CC2)N2CCNCC2)s1.Cl.Cl. The summed E-state index contributed by atoms with van der Waals surface area (Å²) in [7, 11) is 0. The van der Waals surface area contributed by atoms with E-state index in [1.54, 1.807) is 4.88 Å². The largest absolute Gasteiger partial charge is 0.314 e. The minimum Gasteiger partial charge on any atom is -0.314 e. The van der Waals surface area contributed by atoms with Gasteiger partial charge in [-0.3, -0.25) is 4.90 Å². The zero-order valence-electron chi connectivity index (χ0n) is 10.7. The predicted molar refractivity (Wildman–Crippen MR) is 83.5 cm³/mol. The van der Waals surface area contributed by atoms with E-state index in [-0.39, 0.29) is 24.8 Å². The van der Waals surface area contributed by atoms with E-state index in [1.165, 1.54) is 30.8 Å². The third kappa shape index (κ3) is 3.61. The van der Waals surface area contributed by atoms with Gasteiger partial charge in [-0.1, -0.05) is 0 Å². The molecule has 0 bridgehead atoms. The van der Waals surface area contributed by atoms with Gasteiger partial charge in [0.05, 0.1) is 0 Å². The van der Waals surface area contributed by atoms with Gasteiger partial charge >= 0.3 is 0 Å². The van der Waals surface area contributed by atoms with Crippen LogP contribution in [0.1, 0.15) is 28.6 Å². The van der Waals surface area contributed by atoms with Crippen LogP contribution in [0.2, 0.25) is 0 Å². The fourth-order valence-electron chi connectivity index (χ4n) is 2.70. The van der Waals surface area contributed by atoms with E-state index in [1.807, 2.05) is 11.3 Å². The molecule has 2 fully saturated rings. The summed E-state index contributed by atoms with van der Waals surface area (Å²) in [6.07, 6.45) is 2.87. The number of nitrogens with one attached hydrogen (secondary N) is 1. The molecule has 1 atom stereocenters. The molecule has 18 heavy (non-hydrogen) atoms. The fraction of sp³-hybridized carbons (Fsp3) is 0.692. The van der Waals surface area contributed by atoms with Crippen molar-refractivity contribution in [3.05, 3.63) is 21.9 Å². The lowest BCUT2D eigenvalue weighted by molar-refractivity contribution is 0.158. The summed E-state index contributed by atoms with van der Waals surface area (Å²) in [5.74, 6) is 0.941. The molecule has 3 rings (SSSR count). The molecule has 1 aliphatic heterocycles. The van der Waals surface area contributed by atoms with Gasteiger partial charge in [0.25, 0.3) is 0 Å². The van der Waals surface area contributed by atoms with E-state index in [2.05, 4.69) is 29.3 Å². The van der Waals surface area contributed by atoms with E-state index < -0.39 is 0 Å². The van der Waals surface area contributed by atoms with Crippen molar-refractivity contribution < 1.29 is 0 Å². The molecule has 0 radical (unpaired) electrons. The van der Waals surface area contributed by atoms with E-state index in [0.29, 0.717) is 0 Å². The van der Waals surface area contributed by atoms with E-state index >= 15 is 0 Å². The summed E-state index contributed by atoms with van der Waals surface area (Å²) in [4.78, 5) is 5.75. The van der Waals surface area contributed by atoms with Crippen molar-refractivity contribution in [2.45, 2.75) is 25.8 Å². The van der Waals surface area contributed by atoms with Gasteiger partial charge in [-0.25, -0.2) is 0 Å². The first kappa shape index (κ1) is 16.3. The molecule has 0 aromatic carbocycles. The number of thiophene rings is 1. The van der Waals surface area contributed by atoms with Gasteiger partial charge in [0.2, 0.25) is 0 Å². The first-order valence-electron chi connectivity index (χ1n) is 6.36. The van der Waals surface area contributed by atoms with Gasteiger partial charge in [-0.2, -0.15) is 0 Å². The Morgan fingerprint density at radius 2 is 1.89 bits per heavy atom. The summed E-state index contributed by atoms with van der Waals surface area (Å²) in [6, 6.07) is 5.35. The molecule has 0 amide bonds. The number of hydrogen-bond donors (Lipinski definition) is 1. The Kier molecular flexibility index (Phi) is 6.42. The molecule has 1 aliphatic carbocycles. The van der Waals surface area contributed by atoms with Crippen LogP contribution in [-0.2, 0) is 0 Å². The molecule has 5 heteroatoms. The lowest BCUT2D eigenvalue weighted by Gasteiger charge is -2.34. The smallest absolute Gasteiger partial charge is 0.0470 e. The molecule has 2 aliphatic rings. The minimum absolute atomic E-state index is 0. The fourth-order valence-corrected chi connectivity index (χ4v) is 3.80. The molecule has 2 nitrogen and oxygen atoms in total. The second-order valence-corrected chi connectivity index (χ2v) is 6.34. The maximum Gasteiger partial charge on any atom is 0.0470 e. The second kappa shape index (κ2) is 7.11. The number of rotatable bonds is 3. The highest BCUT2D eigenvalue weighted by Gasteiger charge is 2.37. The van der Waals surface area contributed by atoms with Crippen LogP contribution in [0.25, 0.3) is 0 Å². The van der Waals surface area contributed by atoms with Gasteiger partial charge in [0.1, 0.15) is 0 Å². The average molecular weight is 309 g/mol. The zero-order valence-corrected chi connectivity index (χ0v) is 13.2. The minimum atomic E-state index is 0. The van der Waals surface area contributed by atoms with Crippen LogP contribution in [-0.4, -0.2) is 31.1 Å². The van der Waals surface area contributed by atoms with Crippen LogP contribution < -0.4 is 5.32 Å². The molecule has 104 valence electrons. The van der Waals surface area contributed by atoms with Crippen LogP contribution in [0.4, 0.5) is 0 Å². The molecule has 2 heterocycles. The Morgan fingerprint density at radius 3 is 2.39 bits per heavy atom. The number of nitrogens with zero attached hydrogens (tertiary/aromatic N) is 1. The van der Waals surface area contributed by atoms with Crippen molar-refractivity contribution in [3.8, 4) is 0 Å². The highest BCUT2D eigenvalue weighted by molar-refractivity contribution is 7.12. The first-order chi connectivity index (χ1) is 7.84. The number of hydrogen-bond acceptors (Lipinski definition) is 3. The number of aryl methyl sites for hydroxylation is 1. The van der Waals surface area contributed by atoms with Crippen molar-refractivity contribution in [2.75, 3.05) is 26.2 Å². The average Bonchev–Trinajstić information content (AvgIpc) is 3.04. The molecule has 1 aromatic heterocycles. The lowest BCUT2D eigenvalue weighted by Crippen LogP contribution is -2.45. The Hall–Kier alpha value is 0.200. The van der Waals surface area contributed by atoms with Crippen molar-refractivity contribution in [3.63, 3.8) is 0 Å². The van der Waals surface area contributed by atoms with Gasteiger partial charge in [-0.15, -0.1) is 36.2 Å². The molecule has 1 aromatic rings.